The summed E-state index contributed by atoms with van der Waals surface area (Å²) < 4.78 is 0. The molecule has 10 heavy (non-hydrogen) atoms. The molecule has 2 aliphatic rings. The van der Waals surface area contributed by atoms with Crippen LogP contribution in [0.15, 0.2) is 12.2 Å². The molecule has 2 bridgehead atoms. The number of hydrogen-bond donors (Lipinski definition) is 2. The maximum Gasteiger partial charge on any atom is 0.0963 e. The zero-order chi connectivity index (χ0) is 7.14. The number of fused-ring (bicyclic) bond motifs is 2. The molecule has 1 fully saturated rings. The van der Waals surface area contributed by atoms with Gasteiger partial charge in [-0.15, -0.1) is 0 Å². The standard InChI is InChI=1S/C8H13NO/c9-8-6-2-1-5(3-6)7(8)4-10/h1-2,5-8,10H,3-4,9H2/p+1/t5-,6-,7-,8+/m1/s1. The Morgan fingerprint density at radius 1 is 1.40 bits per heavy atom. The molecule has 2 rings (SSSR count). The summed E-state index contributed by atoms with van der Waals surface area (Å²) in [7, 11) is 0. The lowest BCUT2D eigenvalue weighted by molar-refractivity contribution is -0.438. The first-order valence-electron chi connectivity index (χ1n) is 3.95. The molecule has 2 heteroatoms. The fourth-order valence-electron chi connectivity index (χ4n) is 2.30. The van der Waals surface area contributed by atoms with Crippen molar-refractivity contribution >= 4 is 0 Å². The van der Waals surface area contributed by atoms with Crippen molar-refractivity contribution in [1.82, 2.24) is 0 Å². The quantitative estimate of drug-likeness (QED) is 0.470. The van der Waals surface area contributed by atoms with E-state index in [0.29, 0.717) is 30.4 Å². The zero-order valence-electron chi connectivity index (χ0n) is 6.03. The molecule has 56 valence electrons. The van der Waals surface area contributed by atoms with Gasteiger partial charge in [0, 0.05) is 11.8 Å². The van der Waals surface area contributed by atoms with Gasteiger partial charge in [0.05, 0.1) is 12.6 Å². The zero-order valence-corrected chi connectivity index (χ0v) is 6.03. The molecular formula is C8H14NO+. The first kappa shape index (κ1) is 6.38. The molecule has 4 N–H and O–H groups in total. The molecule has 0 radical (unpaired) electrons. The van der Waals surface area contributed by atoms with Crippen LogP contribution in [0.2, 0.25) is 0 Å². The first-order chi connectivity index (χ1) is 4.83. The van der Waals surface area contributed by atoms with Crippen molar-refractivity contribution in [2.75, 3.05) is 6.61 Å². The molecule has 1 saturated carbocycles. The van der Waals surface area contributed by atoms with Crippen LogP contribution < -0.4 is 5.73 Å². The van der Waals surface area contributed by atoms with Gasteiger partial charge in [0.2, 0.25) is 0 Å². The molecule has 0 spiro atoms. The van der Waals surface area contributed by atoms with E-state index in [1.165, 1.54) is 6.42 Å². The Balaban J connectivity index is 2.18. The summed E-state index contributed by atoms with van der Waals surface area (Å²) in [6.45, 7) is 0.319. The van der Waals surface area contributed by atoms with E-state index in [4.69, 9.17) is 5.11 Å². The summed E-state index contributed by atoms with van der Waals surface area (Å²) in [6, 6.07) is 0.472. The van der Waals surface area contributed by atoms with Gasteiger partial charge in [0.15, 0.2) is 0 Å². The summed E-state index contributed by atoms with van der Waals surface area (Å²) in [5, 5.41) is 8.98. The highest BCUT2D eigenvalue weighted by molar-refractivity contribution is 5.13. The molecular weight excluding hydrogens is 126 g/mol. The normalized spacial score (nSPS) is 50.6. The van der Waals surface area contributed by atoms with Crippen molar-refractivity contribution in [3.8, 4) is 0 Å². The Kier molecular flexibility index (Phi) is 1.32. The van der Waals surface area contributed by atoms with Crippen LogP contribution in [-0.4, -0.2) is 17.8 Å². The summed E-state index contributed by atoms with van der Waals surface area (Å²) in [5.41, 5.74) is 4.06. The van der Waals surface area contributed by atoms with E-state index in [1.54, 1.807) is 0 Å². The molecule has 0 saturated heterocycles. The van der Waals surface area contributed by atoms with Crippen molar-refractivity contribution in [1.29, 1.82) is 0 Å². The van der Waals surface area contributed by atoms with Crippen molar-refractivity contribution in [2.24, 2.45) is 17.8 Å². The summed E-state index contributed by atoms with van der Waals surface area (Å²) in [4.78, 5) is 0. The minimum atomic E-state index is 0.319. The molecule has 2 aliphatic carbocycles. The Bertz CT molecular complexity index is 167. The van der Waals surface area contributed by atoms with Crippen LogP contribution in [0.3, 0.4) is 0 Å². The number of quaternary nitrogens is 1. The van der Waals surface area contributed by atoms with Gasteiger partial charge in [0.1, 0.15) is 0 Å². The van der Waals surface area contributed by atoms with Crippen LogP contribution in [0.5, 0.6) is 0 Å². The highest BCUT2D eigenvalue weighted by Gasteiger charge is 2.44. The molecule has 0 unspecified atom stereocenters. The van der Waals surface area contributed by atoms with E-state index >= 15 is 0 Å². The number of rotatable bonds is 1. The van der Waals surface area contributed by atoms with E-state index in [0.717, 1.165) is 0 Å². The van der Waals surface area contributed by atoms with Crippen molar-refractivity contribution in [2.45, 2.75) is 12.5 Å². The number of hydrogen-bond acceptors (Lipinski definition) is 1. The van der Waals surface area contributed by atoms with E-state index < -0.39 is 0 Å². The predicted octanol–water partition coefficient (Wildman–Crippen LogP) is -0.589. The lowest BCUT2D eigenvalue weighted by atomic mass is 9.90. The maximum absolute atomic E-state index is 8.98. The van der Waals surface area contributed by atoms with Crippen LogP contribution in [0.4, 0.5) is 0 Å². The third-order valence-electron chi connectivity index (χ3n) is 3.01. The monoisotopic (exact) mass is 140 g/mol. The SMILES string of the molecule is [NH3+][C@@H]1[C@H](CO)[C@@H]2C=C[C@@H]1C2. The lowest BCUT2D eigenvalue weighted by Crippen LogP contribution is -2.66. The Labute approximate surface area is 60.7 Å². The van der Waals surface area contributed by atoms with Crippen molar-refractivity contribution in [3.05, 3.63) is 12.2 Å². The molecule has 0 aromatic rings. The number of aliphatic hydroxyl groups is 1. The van der Waals surface area contributed by atoms with Gasteiger partial charge in [-0.2, -0.15) is 0 Å². The van der Waals surface area contributed by atoms with E-state index in [9.17, 15) is 0 Å². The molecule has 4 atom stereocenters. The van der Waals surface area contributed by atoms with Gasteiger partial charge < -0.3 is 10.8 Å². The highest BCUT2D eigenvalue weighted by Crippen LogP contribution is 2.41. The largest absolute Gasteiger partial charge is 0.396 e. The number of aliphatic hydroxyl groups excluding tert-OH is 1. The van der Waals surface area contributed by atoms with Crippen LogP contribution >= 0.6 is 0 Å². The summed E-state index contributed by atoms with van der Waals surface area (Å²) in [5.74, 6) is 1.76. The predicted molar refractivity (Wildman–Crippen MR) is 38.0 cm³/mol. The van der Waals surface area contributed by atoms with Crippen molar-refractivity contribution < 1.29 is 10.8 Å². The van der Waals surface area contributed by atoms with E-state index in [1.807, 2.05) is 0 Å². The average Bonchev–Trinajstić information content (AvgIpc) is 2.46. The molecule has 0 amide bonds. The second-order valence-electron chi connectivity index (χ2n) is 3.46. The molecule has 2 nitrogen and oxygen atoms in total. The molecule has 0 aromatic carbocycles. The third-order valence-corrected chi connectivity index (χ3v) is 3.01. The van der Waals surface area contributed by atoms with Gasteiger partial charge in [-0.05, 0) is 12.3 Å². The minimum absolute atomic E-state index is 0.319. The topological polar surface area (TPSA) is 47.9 Å². The van der Waals surface area contributed by atoms with Gasteiger partial charge in [0.25, 0.3) is 0 Å². The highest BCUT2D eigenvalue weighted by atomic mass is 16.3. The fraction of sp³-hybridized carbons (Fsp3) is 0.750. The second-order valence-corrected chi connectivity index (χ2v) is 3.46. The van der Waals surface area contributed by atoms with E-state index in [2.05, 4.69) is 17.9 Å². The van der Waals surface area contributed by atoms with Crippen LogP contribution in [0.25, 0.3) is 0 Å². The van der Waals surface area contributed by atoms with Crippen molar-refractivity contribution in [3.63, 3.8) is 0 Å². The maximum atomic E-state index is 8.98. The Hall–Kier alpha value is -0.340. The summed E-state index contributed by atoms with van der Waals surface area (Å²) >= 11 is 0. The van der Waals surface area contributed by atoms with Gasteiger partial charge in [-0.1, -0.05) is 12.2 Å². The summed E-state index contributed by atoms with van der Waals surface area (Å²) in [6.07, 6.45) is 5.74. The van der Waals surface area contributed by atoms with Crippen LogP contribution in [0, 0.1) is 17.8 Å². The fourth-order valence-corrected chi connectivity index (χ4v) is 2.30. The molecule has 0 aromatic heterocycles. The smallest absolute Gasteiger partial charge is 0.0963 e. The minimum Gasteiger partial charge on any atom is -0.396 e. The third kappa shape index (κ3) is 0.662. The molecule has 0 aliphatic heterocycles. The molecule has 0 heterocycles. The number of allylic oxidation sites excluding steroid dienone is 1. The van der Waals surface area contributed by atoms with E-state index in [-0.39, 0.29) is 0 Å². The first-order valence-corrected chi connectivity index (χ1v) is 3.95. The van der Waals surface area contributed by atoms with Crippen LogP contribution in [0.1, 0.15) is 6.42 Å². The van der Waals surface area contributed by atoms with Gasteiger partial charge in [-0.25, -0.2) is 0 Å². The van der Waals surface area contributed by atoms with Gasteiger partial charge >= 0.3 is 0 Å². The van der Waals surface area contributed by atoms with Crippen LogP contribution in [-0.2, 0) is 0 Å². The Morgan fingerprint density at radius 2 is 2.10 bits per heavy atom. The second kappa shape index (κ2) is 2.07. The van der Waals surface area contributed by atoms with Gasteiger partial charge in [-0.3, -0.25) is 0 Å². The Morgan fingerprint density at radius 3 is 2.50 bits per heavy atom. The average molecular weight is 140 g/mol. The lowest BCUT2D eigenvalue weighted by Gasteiger charge is -2.18.